The average molecular weight is 337 g/mol. The van der Waals surface area contributed by atoms with E-state index in [2.05, 4.69) is 28.6 Å². The zero-order chi connectivity index (χ0) is 16.4. The molecule has 0 unspecified atom stereocenters. The average Bonchev–Trinajstić information content (AvgIpc) is 3.29. The highest BCUT2D eigenvalue weighted by molar-refractivity contribution is 7.14. The number of aryl methyl sites for hydroxylation is 2. The van der Waals surface area contributed by atoms with Crippen molar-refractivity contribution in [3.8, 4) is 0 Å². The lowest BCUT2D eigenvalue weighted by molar-refractivity contribution is 0.0955. The van der Waals surface area contributed by atoms with Gasteiger partial charge in [-0.1, -0.05) is 30.3 Å². The lowest BCUT2D eigenvalue weighted by atomic mass is 10.2. The first kappa shape index (κ1) is 15.1. The van der Waals surface area contributed by atoms with E-state index in [9.17, 15) is 4.79 Å². The predicted molar refractivity (Wildman–Crippen MR) is 95.3 cm³/mol. The molecule has 0 atom stereocenters. The van der Waals surface area contributed by atoms with Crippen molar-refractivity contribution >= 4 is 17.2 Å². The monoisotopic (exact) mass is 337 g/mol. The number of thiophene rings is 1. The van der Waals surface area contributed by atoms with Crippen LogP contribution >= 0.6 is 11.3 Å². The molecule has 3 aromatic rings. The van der Waals surface area contributed by atoms with Crippen LogP contribution in [0.15, 0.2) is 48.8 Å². The summed E-state index contributed by atoms with van der Waals surface area (Å²) >= 11 is 1.64. The van der Waals surface area contributed by atoms with Crippen molar-refractivity contribution in [2.24, 2.45) is 0 Å². The number of hydrogen-bond donors (Lipinski definition) is 1. The van der Waals surface area contributed by atoms with Gasteiger partial charge in [-0.2, -0.15) is 5.10 Å². The summed E-state index contributed by atoms with van der Waals surface area (Å²) < 4.78 is 1.90. The Labute approximate surface area is 145 Å². The number of carbonyl (C=O) groups is 1. The Morgan fingerprint density at radius 2 is 2.08 bits per heavy atom. The van der Waals surface area contributed by atoms with Crippen LogP contribution in [0.4, 0.5) is 0 Å². The molecule has 1 aromatic carbocycles. The number of benzene rings is 1. The summed E-state index contributed by atoms with van der Waals surface area (Å²) in [4.78, 5) is 14.5. The minimum absolute atomic E-state index is 0.0187. The van der Waals surface area contributed by atoms with E-state index in [1.54, 1.807) is 11.3 Å². The normalized spacial score (nSPS) is 13.0. The molecule has 1 aliphatic carbocycles. The minimum Gasteiger partial charge on any atom is -0.347 e. The molecule has 1 aliphatic rings. The quantitative estimate of drug-likeness (QED) is 0.775. The Hall–Kier alpha value is -2.40. The summed E-state index contributed by atoms with van der Waals surface area (Å²) in [5, 5.41) is 7.37. The van der Waals surface area contributed by atoms with Crippen molar-refractivity contribution in [1.29, 1.82) is 0 Å². The standard InChI is InChI=1S/C19H19N3OS/c23-19(18-9-16-7-4-8-17(16)24-18)20-10-15-11-21-22(13-15)12-14-5-2-1-3-6-14/h1-3,5-6,9,11,13H,4,7-8,10,12H2,(H,20,23). The van der Waals surface area contributed by atoms with Crippen LogP contribution in [0, 0.1) is 0 Å². The largest absolute Gasteiger partial charge is 0.347 e. The maximum absolute atomic E-state index is 12.3. The summed E-state index contributed by atoms with van der Waals surface area (Å²) in [6.45, 7) is 1.25. The number of hydrogen-bond acceptors (Lipinski definition) is 3. The molecule has 0 saturated carbocycles. The van der Waals surface area contributed by atoms with Crippen molar-refractivity contribution < 1.29 is 4.79 Å². The number of aromatic nitrogens is 2. The molecule has 0 spiro atoms. The number of nitrogens with one attached hydrogen (secondary N) is 1. The number of fused-ring (bicyclic) bond motifs is 1. The molecule has 2 aromatic heterocycles. The Kier molecular flexibility index (Phi) is 4.17. The number of carbonyl (C=O) groups excluding carboxylic acids is 1. The van der Waals surface area contributed by atoms with Gasteiger partial charge in [0.1, 0.15) is 0 Å². The number of amides is 1. The molecule has 4 rings (SSSR count). The molecule has 0 aliphatic heterocycles. The maximum atomic E-state index is 12.3. The molecule has 0 bridgehead atoms. The first-order valence-corrected chi connectivity index (χ1v) is 9.04. The Bertz CT molecular complexity index is 829. The number of nitrogens with zero attached hydrogens (tertiary/aromatic N) is 2. The van der Waals surface area contributed by atoms with Crippen LogP contribution in [0.3, 0.4) is 0 Å². The second-order valence-electron chi connectivity index (χ2n) is 6.13. The Morgan fingerprint density at radius 1 is 1.21 bits per heavy atom. The summed E-state index contributed by atoms with van der Waals surface area (Å²) in [6, 6.07) is 12.3. The van der Waals surface area contributed by atoms with Crippen LogP contribution in [0.1, 0.15) is 37.7 Å². The topological polar surface area (TPSA) is 46.9 Å². The van der Waals surface area contributed by atoms with Crippen LogP contribution in [-0.2, 0) is 25.9 Å². The molecule has 24 heavy (non-hydrogen) atoms. The van der Waals surface area contributed by atoms with Crippen LogP contribution in [0.2, 0.25) is 0 Å². The lowest BCUT2D eigenvalue weighted by Crippen LogP contribution is -2.21. The fourth-order valence-electron chi connectivity index (χ4n) is 3.07. The van der Waals surface area contributed by atoms with Crippen molar-refractivity contribution in [2.75, 3.05) is 0 Å². The van der Waals surface area contributed by atoms with Gasteiger partial charge in [0.15, 0.2) is 0 Å². The first-order valence-electron chi connectivity index (χ1n) is 8.23. The highest BCUT2D eigenvalue weighted by Crippen LogP contribution is 2.30. The molecule has 0 saturated heterocycles. The molecule has 0 fully saturated rings. The van der Waals surface area contributed by atoms with Gasteiger partial charge in [0.25, 0.3) is 5.91 Å². The van der Waals surface area contributed by atoms with Gasteiger partial charge in [0.2, 0.25) is 0 Å². The van der Waals surface area contributed by atoms with Crippen LogP contribution in [-0.4, -0.2) is 15.7 Å². The van der Waals surface area contributed by atoms with Crippen LogP contribution in [0.5, 0.6) is 0 Å². The van der Waals surface area contributed by atoms with Gasteiger partial charge in [-0.05, 0) is 36.5 Å². The van der Waals surface area contributed by atoms with Gasteiger partial charge < -0.3 is 5.32 Å². The van der Waals surface area contributed by atoms with Crippen LogP contribution < -0.4 is 5.32 Å². The van der Waals surface area contributed by atoms with Crippen molar-refractivity contribution in [3.63, 3.8) is 0 Å². The van der Waals surface area contributed by atoms with Gasteiger partial charge in [-0.25, -0.2) is 0 Å². The Morgan fingerprint density at radius 3 is 2.92 bits per heavy atom. The summed E-state index contributed by atoms with van der Waals surface area (Å²) in [6.07, 6.45) is 7.27. The van der Waals surface area contributed by atoms with Gasteiger partial charge in [0, 0.05) is 23.2 Å². The van der Waals surface area contributed by atoms with Gasteiger partial charge >= 0.3 is 0 Å². The third kappa shape index (κ3) is 3.26. The SMILES string of the molecule is O=C(NCc1cnn(Cc2ccccc2)c1)c1cc2c(s1)CCC2. The highest BCUT2D eigenvalue weighted by atomic mass is 32.1. The van der Waals surface area contributed by atoms with E-state index >= 15 is 0 Å². The third-order valence-corrected chi connectivity index (χ3v) is 5.53. The number of rotatable bonds is 5. The lowest BCUT2D eigenvalue weighted by Gasteiger charge is -2.02. The molecule has 0 radical (unpaired) electrons. The van der Waals surface area contributed by atoms with E-state index in [4.69, 9.17) is 0 Å². The second-order valence-corrected chi connectivity index (χ2v) is 7.26. The predicted octanol–water partition coefficient (Wildman–Crippen LogP) is 3.41. The third-order valence-electron chi connectivity index (χ3n) is 4.30. The minimum atomic E-state index is 0.0187. The zero-order valence-corrected chi connectivity index (χ0v) is 14.2. The van der Waals surface area contributed by atoms with Gasteiger partial charge in [-0.15, -0.1) is 11.3 Å². The zero-order valence-electron chi connectivity index (χ0n) is 13.4. The molecule has 5 heteroatoms. The molecule has 4 nitrogen and oxygen atoms in total. The van der Waals surface area contributed by atoms with E-state index in [-0.39, 0.29) is 5.91 Å². The molecule has 2 heterocycles. The van der Waals surface area contributed by atoms with Crippen LogP contribution in [0.25, 0.3) is 0 Å². The van der Waals surface area contributed by atoms with Crippen molar-refractivity contribution in [1.82, 2.24) is 15.1 Å². The van der Waals surface area contributed by atoms with E-state index in [0.717, 1.165) is 29.8 Å². The van der Waals surface area contributed by atoms with Crippen molar-refractivity contribution in [2.45, 2.75) is 32.4 Å². The van der Waals surface area contributed by atoms with Crippen molar-refractivity contribution in [3.05, 3.63) is 75.2 Å². The maximum Gasteiger partial charge on any atom is 0.261 e. The molecular formula is C19H19N3OS. The van der Waals surface area contributed by atoms with E-state index < -0.39 is 0 Å². The summed E-state index contributed by atoms with van der Waals surface area (Å²) in [5.74, 6) is 0.0187. The highest BCUT2D eigenvalue weighted by Gasteiger charge is 2.18. The van der Waals surface area contributed by atoms with E-state index in [0.29, 0.717) is 6.54 Å². The fourth-order valence-corrected chi connectivity index (χ4v) is 4.24. The van der Waals surface area contributed by atoms with E-state index in [1.165, 1.54) is 22.4 Å². The van der Waals surface area contributed by atoms with Gasteiger partial charge in [0.05, 0.1) is 17.6 Å². The molecule has 1 N–H and O–H groups in total. The molecule has 1 amide bonds. The summed E-state index contributed by atoms with van der Waals surface area (Å²) in [7, 11) is 0. The van der Waals surface area contributed by atoms with Gasteiger partial charge in [-0.3, -0.25) is 9.48 Å². The summed E-state index contributed by atoms with van der Waals surface area (Å²) in [5.41, 5.74) is 3.59. The second kappa shape index (κ2) is 6.61. The van der Waals surface area contributed by atoms with E-state index in [1.807, 2.05) is 35.3 Å². The fraction of sp³-hybridized carbons (Fsp3) is 0.263. The smallest absolute Gasteiger partial charge is 0.261 e. The Balaban J connectivity index is 1.35. The first-order chi connectivity index (χ1) is 11.8. The molecule has 122 valence electrons. The molecular weight excluding hydrogens is 318 g/mol.